The Bertz CT molecular complexity index is 770. The average molecular weight is 294 g/mol. The molecule has 0 spiro atoms. The maximum absolute atomic E-state index is 10.7. The van der Waals surface area contributed by atoms with Gasteiger partial charge in [0, 0.05) is 23.1 Å². The van der Waals surface area contributed by atoms with E-state index in [2.05, 4.69) is 24.2 Å². The van der Waals surface area contributed by atoms with Crippen molar-refractivity contribution in [3.8, 4) is 0 Å². The van der Waals surface area contributed by atoms with Crippen LogP contribution < -0.4 is 0 Å². The molecule has 0 unspecified atom stereocenters. The van der Waals surface area contributed by atoms with E-state index in [0.717, 1.165) is 11.3 Å². The molecular weight excluding hydrogens is 280 g/mol. The van der Waals surface area contributed by atoms with Crippen molar-refractivity contribution >= 4 is 11.4 Å². The van der Waals surface area contributed by atoms with Gasteiger partial charge in [-0.2, -0.15) is 0 Å². The highest BCUT2D eigenvalue weighted by atomic mass is 16.7. The van der Waals surface area contributed by atoms with E-state index in [0.29, 0.717) is 0 Å². The molecule has 0 amide bonds. The molecule has 110 valence electrons. The first-order chi connectivity index (χ1) is 10.6. The van der Waals surface area contributed by atoms with Crippen LogP contribution in [0.15, 0.2) is 59.8 Å². The molecule has 0 radical (unpaired) electrons. The number of non-ortho nitro benzene ring substituents is 1. The van der Waals surface area contributed by atoms with Crippen molar-refractivity contribution in [1.82, 2.24) is 0 Å². The van der Waals surface area contributed by atoms with Crippen molar-refractivity contribution in [2.75, 3.05) is 0 Å². The predicted octanol–water partition coefficient (Wildman–Crippen LogP) is 3.29. The van der Waals surface area contributed by atoms with Crippen molar-refractivity contribution in [2.45, 2.75) is 18.4 Å². The second-order valence-corrected chi connectivity index (χ2v) is 5.93. The SMILES string of the molecule is C[C@]1(c2ccccc2)[C@@H]2ON=C(c3ccc([N+](=O)[O-])cc3)[C@H]21. The smallest absolute Gasteiger partial charge is 0.269 e. The van der Waals surface area contributed by atoms with Crippen LogP contribution in [0.5, 0.6) is 0 Å². The second kappa shape index (κ2) is 4.40. The quantitative estimate of drug-likeness (QED) is 0.644. The number of hydrogen-bond acceptors (Lipinski definition) is 4. The van der Waals surface area contributed by atoms with Gasteiger partial charge in [-0.25, -0.2) is 0 Å². The van der Waals surface area contributed by atoms with Gasteiger partial charge >= 0.3 is 0 Å². The van der Waals surface area contributed by atoms with Crippen LogP contribution >= 0.6 is 0 Å². The minimum absolute atomic E-state index is 0.0556. The Morgan fingerprint density at radius 3 is 2.45 bits per heavy atom. The Balaban J connectivity index is 1.64. The van der Waals surface area contributed by atoms with Crippen molar-refractivity contribution in [3.05, 3.63) is 75.8 Å². The number of benzene rings is 2. The topological polar surface area (TPSA) is 64.7 Å². The first-order valence-electron chi connectivity index (χ1n) is 7.16. The zero-order valence-electron chi connectivity index (χ0n) is 12.0. The Hall–Kier alpha value is -2.69. The largest absolute Gasteiger partial charge is 0.391 e. The fraction of sp³-hybridized carbons (Fsp3) is 0.235. The molecule has 0 aromatic heterocycles. The molecule has 0 saturated heterocycles. The highest BCUT2D eigenvalue weighted by Crippen LogP contribution is 2.60. The molecule has 22 heavy (non-hydrogen) atoms. The summed E-state index contributed by atoms with van der Waals surface area (Å²) < 4.78 is 0. The highest BCUT2D eigenvalue weighted by molar-refractivity contribution is 6.07. The molecule has 1 aliphatic heterocycles. The number of nitrogens with zero attached hydrogens (tertiary/aromatic N) is 2. The minimum atomic E-state index is -0.398. The van der Waals surface area contributed by atoms with E-state index >= 15 is 0 Å². The molecule has 1 aliphatic carbocycles. The summed E-state index contributed by atoms with van der Waals surface area (Å²) in [4.78, 5) is 15.9. The van der Waals surface area contributed by atoms with Crippen LogP contribution in [0.2, 0.25) is 0 Å². The maximum atomic E-state index is 10.7. The third-order valence-electron chi connectivity index (χ3n) is 4.76. The lowest BCUT2D eigenvalue weighted by molar-refractivity contribution is -0.384. The van der Waals surface area contributed by atoms with Crippen LogP contribution in [0, 0.1) is 16.0 Å². The summed E-state index contributed by atoms with van der Waals surface area (Å²) in [5, 5.41) is 14.9. The molecule has 1 fully saturated rings. The zero-order chi connectivity index (χ0) is 15.3. The van der Waals surface area contributed by atoms with E-state index < -0.39 is 4.92 Å². The monoisotopic (exact) mass is 294 g/mol. The summed E-state index contributed by atoms with van der Waals surface area (Å²) >= 11 is 0. The van der Waals surface area contributed by atoms with E-state index in [1.165, 1.54) is 17.7 Å². The molecule has 4 rings (SSSR count). The molecule has 2 aromatic rings. The first kappa shape index (κ1) is 13.0. The summed E-state index contributed by atoms with van der Waals surface area (Å²) in [6, 6.07) is 16.8. The number of hydrogen-bond donors (Lipinski definition) is 0. The van der Waals surface area contributed by atoms with Gasteiger partial charge < -0.3 is 4.84 Å². The van der Waals surface area contributed by atoms with Gasteiger partial charge in [-0.3, -0.25) is 10.1 Å². The van der Waals surface area contributed by atoms with Crippen molar-refractivity contribution in [1.29, 1.82) is 0 Å². The molecule has 1 heterocycles. The molecule has 0 N–H and O–H groups in total. The van der Waals surface area contributed by atoms with Crippen LogP contribution in [0.3, 0.4) is 0 Å². The van der Waals surface area contributed by atoms with E-state index in [1.807, 2.05) is 18.2 Å². The van der Waals surface area contributed by atoms with Crippen LogP contribution in [-0.2, 0) is 10.3 Å². The molecule has 5 nitrogen and oxygen atoms in total. The summed E-state index contributed by atoms with van der Waals surface area (Å²) in [6.07, 6.45) is 0.0556. The van der Waals surface area contributed by atoms with Crippen molar-refractivity contribution < 1.29 is 9.76 Å². The Morgan fingerprint density at radius 1 is 1.14 bits per heavy atom. The molecule has 1 saturated carbocycles. The Kier molecular flexibility index (Phi) is 2.60. The lowest BCUT2D eigenvalue weighted by atomic mass is 9.92. The third-order valence-corrected chi connectivity index (χ3v) is 4.76. The van der Waals surface area contributed by atoms with Gasteiger partial charge in [0.2, 0.25) is 0 Å². The lowest BCUT2D eigenvalue weighted by Gasteiger charge is -2.14. The maximum Gasteiger partial charge on any atom is 0.269 e. The van der Waals surface area contributed by atoms with Crippen LogP contribution in [-0.4, -0.2) is 16.7 Å². The summed E-state index contributed by atoms with van der Waals surface area (Å²) in [6.45, 7) is 2.18. The Morgan fingerprint density at radius 2 is 1.82 bits per heavy atom. The molecule has 0 bridgehead atoms. The van der Waals surface area contributed by atoms with Gasteiger partial charge in [0.25, 0.3) is 5.69 Å². The number of fused-ring (bicyclic) bond motifs is 1. The molecular formula is C17H14N2O3. The fourth-order valence-electron chi connectivity index (χ4n) is 3.37. The number of nitro groups is 1. The van der Waals surface area contributed by atoms with Gasteiger partial charge in [-0.15, -0.1) is 0 Å². The third kappa shape index (κ3) is 1.68. The van der Waals surface area contributed by atoms with E-state index in [1.54, 1.807) is 12.1 Å². The van der Waals surface area contributed by atoms with Crippen molar-refractivity contribution in [2.24, 2.45) is 11.1 Å². The van der Waals surface area contributed by atoms with Gasteiger partial charge in [0.15, 0.2) is 0 Å². The van der Waals surface area contributed by atoms with E-state index in [4.69, 9.17) is 4.84 Å². The average Bonchev–Trinajstić information content (AvgIpc) is 2.94. The number of rotatable bonds is 3. The van der Waals surface area contributed by atoms with E-state index in [9.17, 15) is 10.1 Å². The summed E-state index contributed by atoms with van der Waals surface area (Å²) in [5.41, 5.74) is 3.02. The fourth-order valence-corrected chi connectivity index (χ4v) is 3.37. The second-order valence-electron chi connectivity index (χ2n) is 5.93. The number of oxime groups is 1. The van der Waals surface area contributed by atoms with E-state index in [-0.39, 0.29) is 23.1 Å². The molecule has 2 aliphatic rings. The lowest BCUT2D eigenvalue weighted by Crippen LogP contribution is -2.15. The number of nitro benzene ring substituents is 1. The van der Waals surface area contributed by atoms with Gasteiger partial charge in [0.1, 0.15) is 6.10 Å². The zero-order valence-corrected chi connectivity index (χ0v) is 12.0. The predicted molar refractivity (Wildman–Crippen MR) is 81.8 cm³/mol. The minimum Gasteiger partial charge on any atom is -0.391 e. The Labute approximate surface area is 127 Å². The van der Waals surface area contributed by atoms with Crippen LogP contribution in [0.25, 0.3) is 0 Å². The van der Waals surface area contributed by atoms with Crippen LogP contribution in [0.4, 0.5) is 5.69 Å². The molecule has 3 atom stereocenters. The highest BCUT2D eigenvalue weighted by Gasteiger charge is 2.70. The van der Waals surface area contributed by atoms with Gasteiger partial charge in [0.05, 0.1) is 16.6 Å². The molecule has 5 heteroatoms. The normalized spacial score (nSPS) is 28.5. The molecule has 2 aromatic carbocycles. The standard InChI is InChI=1S/C17H14N2O3/c1-17(12-5-3-2-4-6-12)14-15(18-22-16(14)17)11-7-9-13(10-8-11)19(20)21/h2-10,14,16H,1H3/t14-,16-,17-/m1/s1. The van der Waals surface area contributed by atoms with Crippen molar-refractivity contribution in [3.63, 3.8) is 0 Å². The van der Waals surface area contributed by atoms with Crippen LogP contribution in [0.1, 0.15) is 18.1 Å². The summed E-state index contributed by atoms with van der Waals surface area (Å²) in [5.74, 6) is 0.205. The first-order valence-corrected chi connectivity index (χ1v) is 7.16. The van der Waals surface area contributed by atoms with Gasteiger partial charge in [-0.1, -0.05) is 42.4 Å². The van der Waals surface area contributed by atoms with Gasteiger partial charge in [-0.05, 0) is 17.7 Å². The summed E-state index contributed by atoms with van der Waals surface area (Å²) in [7, 11) is 0.